The molecule has 8 nitrogen and oxygen atoms in total. The fraction of sp³-hybridized carbons (Fsp3) is 0.263. The molecule has 0 saturated heterocycles. The maximum atomic E-state index is 5.87. The monoisotopic (exact) mass is 363 g/mol. The van der Waals surface area contributed by atoms with Crippen molar-refractivity contribution in [2.75, 3.05) is 24.3 Å². The maximum absolute atomic E-state index is 5.87. The Morgan fingerprint density at radius 2 is 2.00 bits per heavy atom. The molecule has 1 aromatic carbocycles. The molecule has 0 amide bonds. The molecule has 0 fully saturated rings. The molecule has 0 atom stereocenters. The summed E-state index contributed by atoms with van der Waals surface area (Å²) in [5.74, 6) is 3.52. The Balaban J connectivity index is 1.65. The second-order valence-corrected chi connectivity index (χ2v) is 6.39. The van der Waals surface area contributed by atoms with Gasteiger partial charge >= 0.3 is 0 Å². The normalized spacial score (nSPS) is 11.1. The molecule has 0 aliphatic heterocycles. The van der Waals surface area contributed by atoms with E-state index in [1.54, 1.807) is 12.3 Å². The van der Waals surface area contributed by atoms with Crippen molar-refractivity contribution < 1.29 is 4.42 Å². The predicted octanol–water partition coefficient (Wildman–Crippen LogP) is 3.00. The van der Waals surface area contributed by atoms with Crippen molar-refractivity contribution in [1.29, 1.82) is 0 Å². The second kappa shape index (κ2) is 6.71. The first-order valence-corrected chi connectivity index (χ1v) is 8.67. The highest BCUT2D eigenvalue weighted by atomic mass is 16.3. The van der Waals surface area contributed by atoms with E-state index in [0.717, 1.165) is 34.1 Å². The van der Waals surface area contributed by atoms with E-state index in [2.05, 4.69) is 31.5 Å². The molecule has 3 aromatic heterocycles. The lowest BCUT2D eigenvalue weighted by Gasteiger charge is -2.17. The Bertz CT molecular complexity index is 1100. The van der Waals surface area contributed by atoms with Crippen molar-refractivity contribution in [3.63, 3.8) is 0 Å². The van der Waals surface area contributed by atoms with Crippen molar-refractivity contribution in [2.24, 2.45) is 7.05 Å². The average Bonchev–Trinajstić information content (AvgIpc) is 3.22. The summed E-state index contributed by atoms with van der Waals surface area (Å²) in [7, 11) is 5.72. The summed E-state index contributed by atoms with van der Waals surface area (Å²) < 4.78 is 7.76. The lowest BCUT2D eigenvalue weighted by atomic mass is 10.1. The minimum absolute atomic E-state index is 0.529. The molecule has 0 unspecified atom stereocenters. The molecule has 0 aliphatic carbocycles. The molecular weight excluding hydrogens is 342 g/mol. The van der Waals surface area contributed by atoms with Crippen LogP contribution in [0.5, 0.6) is 0 Å². The van der Waals surface area contributed by atoms with Crippen LogP contribution in [0, 0.1) is 6.92 Å². The van der Waals surface area contributed by atoms with E-state index in [1.807, 2.05) is 55.7 Å². The second-order valence-electron chi connectivity index (χ2n) is 6.39. The number of fused-ring (bicyclic) bond motifs is 1. The van der Waals surface area contributed by atoms with Gasteiger partial charge in [-0.05, 0) is 19.1 Å². The number of anilines is 2. The van der Waals surface area contributed by atoms with Gasteiger partial charge in [-0.15, -0.1) is 10.2 Å². The summed E-state index contributed by atoms with van der Waals surface area (Å²) in [5, 5.41) is 12.8. The van der Waals surface area contributed by atoms with Gasteiger partial charge in [-0.25, -0.2) is 9.97 Å². The lowest BCUT2D eigenvalue weighted by molar-refractivity contribution is 0.571. The topological polar surface area (TPSA) is 84.9 Å². The van der Waals surface area contributed by atoms with E-state index in [1.165, 1.54) is 0 Å². The Labute approximate surface area is 156 Å². The zero-order chi connectivity index (χ0) is 19.0. The fourth-order valence-corrected chi connectivity index (χ4v) is 3.18. The Kier molecular flexibility index (Phi) is 4.23. The smallest absolute Gasteiger partial charge is 0.227 e. The molecule has 3 heterocycles. The molecule has 8 heteroatoms. The summed E-state index contributed by atoms with van der Waals surface area (Å²) in [4.78, 5) is 10.8. The fourth-order valence-electron chi connectivity index (χ4n) is 3.18. The zero-order valence-corrected chi connectivity index (χ0v) is 15.8. The van der Waals surface area contributed by atoms with Crippen LogP contribution in [0.3, 0.4) is 0 Å². The van der Waals surface area contributed by atoms with Crippen molar-refractivity contribution in [2.45, 2.75) is 13.5 Å². The zero-order valence-electron chi connectivity index (χ0n) is 15.8. The first-order valence-electron chi connectivity index (χ1n) is 8.67. The van der Waals surface area contributed by atoms with Crippen LogP contribution in [0.1, 0.15) is 11.3 Å². The van der Waals surface area contributed by atoms with E-state index >= 15 is 0 Å². The number of hydrogen-bond acceptors (Lipinski definition) is 7. The number of para-hydroxylation sites is 1. The van der Waals surface area contributed by atoms with Crippen molar-refractivity contribution in [3.8, 4) is 11.6 Å². The summed E-state index contributed by atoms with van der Waals surface area (Å²) in [6.07, 6.45) is 1.70. The first-order chi connectivity index (χ1) is 13.1. The number of aromatic nitrogens is 5. The summed E-state index contributed by atoms with van der Waals surface area (Å²) >= 11 is 0. The number of hydrogen-bond donors (Lipinski definition) is 1. The summed E-state index contributed by atoms with van der Waals surface area (Å²) in [5.41, 5.74) is 2.04. The van der Waals surface area contributed by atoms with E-state index in [0.29, 0.717) is 18.2 Å². The third kappa shape index (κ3) is 2.99. The molecule has 138 valence electrons. The number of rotatable bonds is 5. The van der Waals surface area contributed by atoms with Gasteiger partial charge in [0.1, 0.15) is 17.2 Å². The van der Waals surface area contributed by atoms with E-state index in [-0.39, 0.29) is 0 Å². The van der Waals surface area contributed by atoms with Crippen LogP contribution in [0.25, 0.3) is 22.6 Å². The van der Waals surface area contributed by atoms with E-state index in [4.69, 9.17) is 4.42 Å². The molecular formula is C19H21N7O. The first kappa shape index (κ1) is 17.0. The minimum atomic E-state index is 0.529. The lowest BCUT2D eigenvalue weighted by Crippen LogP contribution is -2.20. The highest BCUT2D eigenvalue weighted by molar-refractivity contribution is 5.82. The quantitative estimate of drug-likeness (QED) is 0.583. The highest BCUT2D eigenvalue weighted by Crippen LogP contribution is 2.28. The van der Waals surface area contributed by atoms with Gasteiger partial charge in [0, 0.05) is 44.8 Å². The van der Waals surface area contributed by atoms with Crippen LogP contribution in [-0.2, 0) is 13.6 Å². The van der Waals surface area contributed by atoms with Crippen molar-refractivity contribution >= 4 is 22.7 Å². The largest absolute Gasteiger partial charge is 0.461 e. The molecule has 1 N–H and O–H groups in total. The van der Waals surface area contributed by atoms with Crippen LogP contribution in [0.4, 0.5) is 11.8 Å². The van der Waals surface area contributed by atoms with Crippen LogP contribution in [0.15, 0.2) is 40.9 Å². The third-order valence-electron chi connectivity index (χ3n) is 4.60. The average molecular weight is 363 g/mol. The Hall–Kier alpha value is -3.42. The van der Waals surface area contributed by atoms with Gasteiger partial charge < -0.3 is 14.6 Å². The highest BCUT2D eigenvalue weighted by Gasteiger charge is 2.19. The van der Waals surface area contributed by atoms with Gasteiger partial charge in [-0.1, -0.05) is 18.2 Å². The third-order valence-corrected chi connectivity index (χ3v) is 4.60. The van der Waals surface area contributed by atoms with Crippen LogP contribution in [-0.4, -0.2) is 38.8 Å². The SMILES string of the molecule is CNc1ccnc(-c2nnc(N(C)Cc3c(C)oc4ccccc34)n2C)n1. The van der Waals surface area contributed by atoms with Gasteiger partial charge in [0.15, 0.2) is 5.82 Å². The number of nitrogens with one attached hydrogen (secondary N) is 1. The van der Waals surface area contributed by atoms with Gasteiger partial charge in [0.2, 0.25) is 11.8 Å². The van der Waals surface area contributed by atoms with E-state index in [9.17, 15) is 0 Å². The molecule has 0 aliphatic rings. The minimum Gasteiger partial charge on any atom is -0.461 e. The van der Waals surface area contributed by atoms with Crippen LogP contribution >= 0.6 is 0 Å². The maximum Gasteiger partial charge on any atom is 0.227 e. The number of aryl methyl sites for hydroxylation is 1. The van der Waals surface area contributed by atoms with Gasteiger partial charge in [-0.3, -0.25) is 4.57 Å². The van der Waals surface area contributed by atoms with Crippen LogP contribution < -0.4 is 10.2 Å². The molecule has 4 rings (SSSR count). The molecule has 0 bridgehead atoms. The standard InChI is InChI=1S/C19H21N7O/c1-12-14(13-7-5-6-8-15(13)27-12)11-25(3)19-24-23-18(26(19)4)17-21-10-9-16(20-2)22-17/h5-10H,11H2,1-4H3,(H,20,21,22). The summed E-state index contributed by atoms with van der Waals surface area (Å²) in [6.45, 7) is 2.65. The van der Waals surface area contributed by atoms with Gasteiger partial charge in [-0.2, -0.15) is 0 Å². The van der Waals surface area contributed by atoms with Crippen molar-refractivity contribution in [3.05, 3.63) is 47.9 Å². The summed E-state index contributed by atoms with van der Waals surface area (Å²) in [6, 6.07) is 9.87. The van der Waals surface area contributed by atoms with E-state index < -0.39 is 0 Å². The number of benzene rings is 1. The molecule has 0 radical (unpaired) electrons. The van der Waals surface area contributed by atoms with Gasteiger partial charge in [0.25, 0.3) is 0 Å². The molecule has 0 saturated carbocycles. The Morgan fingerprint density at radius 1 is 1.19 bits per heavy atom. The number of furan rings is 1. The Morgan fingerprint density at radius 3 is 2.81 bits per heavy atom. The van der Waals surface area contributed by atoms with Gasteiger partial charge in [0.05, 0.1) is 0 Å². The molecule has 27 heavy (non-hydrogen) atoms. The predicted molar refractivity (Wildman–Crippen MR) is 105 cm³/mol. The van der Waals surface area contributed by atoms with Crippen LogP contribution in [0.2, 0.25) is 0 Å². The van der Waals surface area contributed by atoms with Crippen molar-refractivity contribution in [1.82, 2.24) is 24.7 Å². The molecule has 4 aromatic rings. The number of nitrogens with zero attached hydrogens (tertiary/aromatic N) is 6. The molecule has 0 spiro atoms.